The second kappa shape index (κ2) is 8.99. The Bertz CT molecular complexity index is 2200. The van der Waals surface area contributed by atoms with Gasteiger partial charge in [-0.05, 0) is 95.2 Å². The van der Waals surface area contributed by atoms with Crippen molar-refractivity contribution >= 4 is 60.8 Å². The predicted octanol–water partition coefficient (Wildman–Crippen LogP) is 8.07. The van der Waals surface area contributed by atoms with Crippen molar-refractivity contribution in [2.24, 2.45) is 0 Å². The molecule has 0 aliphatic carbocycles. The molecule has 0 fully saturated rings. The number of aromatic hydroxyl groups is 1. The molecule has 0 atom stereocenters. The van der Waals surface area contributed by atoms with Crippen LogP contribution in [-0.4, -0.2) is 16.2 Å². The van der Waals surface area contributed by atoms with Crippen LogP contribution in [0.15, 0.2) is 118 Å². The number of carbonyl (C=O) groups is 1. The molecule has 0 spiro atoms. The third kappa shape index (κ3) is 3.82. The van der Waals surface area contributed by atoms with E-state index in [1.54, 1.807) is 48.5 Å². The largest absolute Gasteiger partial charge is 0.508 e. The molecular formula is C34H21NO5. The first-order valence-electron chi connectivity index (χ1n) is 12.7. The monoisotopic (exact) mass is 523 g/mol. The van der Waals surface area contributed by atoms with E-state index in [1.165, 1.54) is 6.07 Å². The van der Waals surface area contributed by atoms with E-state index >= 15 is 0 Å². The van der Waals surface area contributed by atoms with Gasteiger partial charge in [0.2, 0.25) is 0 Å². The fourth-order valence-electron chi connectivity index (χ4n) is 5.41. The van der Waals surface area contributed by atoms with Gasteiger partial charge in [0.25, 0.3) is 0 Å². The van der Waals surface area contributed by atoms with Crippen LogP contribution in [0, 0.1) is 0 Å². The number of rotatable bonds is 4. The van der Waals surface area contributed by atoms with E-state index in [1.807, 2.05) is 54.6 Å². The summed E-state index contributed by atoms with van der Waals surface area (Å²) in [7, 11) is 0. The van der Waals surface area contributed by atoms with Crippen molar-refractivity contribution in [3.8, 4) is 16.9 Å². The van der Waals surface area contributed by atoms with E-state index in [4.69, 9.17) is 4.42 Å². The minimum atomic E-state index is -1.01. The van der Waals surface area contributed by atoms with Gasteiger partial charge >= 0.3 is 5.97 Å². The maximum atomic E-state index is 12.3. The first-order chi connectivity index (χ1) is 19.5. The molecule has 6 aromatic carbocycles. The molecule has 1 aromatic heterocycles. The van der Waals surface area contributed by atoms with Crippen LogP contribution in [-0.2, 0) is 0 Å². The lowest BCUT2D eigenvalue weighted by molar-refractivity contribution is 0.0697. The molecular weight excluding hydrogens is 502 g/mol. The summed E-state index contributed by atoms with van der Waals surface area (Å²) < 4.78 is 6.65. The molecule has 40 heavy (non-hydrogen) atoms. The zero-order chi connectivity index (χ0) is 27.4. The lowest BCUT2D eigenvalue weighted by atomic mass is 9.91. The first-order valence-corrected chi connectivity index (χ1v) is 12.7. The Kier molecular flexibility index (Phi) is 5.28. The highest BCUT2D eigenvalue weighted by molar-refractivity contribution is 6.21. The molecule has 7 rings (SSSR count). The second-order valence-corrected chi connectivity index (χ2v) is 9.70. The SMILES string of the molecule is O=C(O)c1ccccc1-c1c2ccc3cc(Nc4ccc(O)cc4)ccc3c2oc2c1ccc1cc(=O)ccc12. The van der Waals surface area contributed by atoms with Gasteiger partial charge in [0.15, 0.2) is 5.43 Å². The summed E-state index contributed by atoms with van der Waals surface area (Å²) in [4.78, 5) is 24.3. The molecule has 0 radical (unpaired) electrons. The Balaban J connectivity index is 1.55. The summed E-state index contributed by atoms with van der Waals surface area (Å²) in [6.45, 7) is 0. The molecule has 0 aliphatic rings. The van der Waals surface area contributed by atoms with Crippen LogP contribution < -0.4 is 10.7 Å². The zero-order valence-corrected chi connectivity index (χ0v) is 21.0. The van der Waals surface area contributed by atoms with Gasteiger partial charge in [-0.1, -0.05) is 30.3 Å². The fraction of sp³-hybridized carbons (Fsp3) is 0. The Morgan fingerprint density at radius 1 is 0.650 bits per heavy atom. The minimum Gasteiger partial charge on any atom is -0.508 e. The van der Waals surface area contributed by atoms with Crippen molar-refractivity contribution in [1.82, 2.24) is 0 Å². The van der Waals surface area contributed by atoms with Crippen LogP contribution in [0.2, 0.25) is 0 Å². The molecule has 3 N–H and O–H groups in total. The molecule has 6 heteroatoms. The minimum absolute atomic E-state index is 0.0943. The van der Waals surface area contributed by atoms with Crippen LogP contribution in [0.4, 0.5) is 11.4 Å². The fourth-order valence-corrected chi connectivity index (χ4v) is 5.41. The summed E-state index contributed by atoms with van der Waals surface area (Å²) in [5.41, 5.74) is 4.35. The van der Waals surface area contributed by atoms with Crippen LogP contribution in [0.1, 0.15) is 10.4 Å². The third-order valence-corrected chi connectivity index (χ3v) is 7.24. The van der Waals surface area contributed by atoms with Gasteiger partial charge in [-0.25, -0.2) is 4.79 Å². The van der Waals surface area contributed by atoms with Gasteiger partial charge in [0.05, 0.1) is 5.56 Å². The van der Waals surface area contributed by atoms with Crippen LogP contribution in [0.5, 0.6) is 5.75 Å². The summed E-state index contributed by atoms with van der Waals surface area (Å²) in [6, 6.07) is 32.3. The van der Waals surface area contributed by atoms with Gasteiger partial charge in [-0.3, -0.25) is 4.79 Å². The molecule has 0 bridgehead atoms. The number of anilines is 2. The van der Waals surface area contributed by atoms with Gasteiger partial charge in [0.1, 0.15) is 16.9 Å². The van der Waals surface area contributed by atoms with Crippen LogP contribution in [0.3, 0.4) is 0 Å². The number of carboxylic acids is 1. The maximum absolute atomic E-state index is 12.3. The number of hydrogen-bond acceptors (Lipinski definition) is 5. The molecule has 0 aliphatic heterocycles. The van der Waals surface area contributed by atoms with Crippen molar-refractivity contribution < 1.29 is 19.4 Å². The summed E-state index contributed by atoms with van der Waals surface area (Å²) in [6.07, 6.45) is 0. The van der Waals surface area contributed by atoms with Crippen molar-refractivity contribution in [2.45, 2.75) is 0 Å². The first kappa shape index (κ1) is 23.5. The lowest BCUT2D eigenvalue weighted by Gasteiger charge is -2.16. The third-order valence-electron chi connectivity index (χ3n) is 7.24. The molecule has 6 nitrogen and oxygen atoms in total. The number of aromatic carboxylic acids is 1. The van der Waals surface area contributed by atoms with Gasteiger partial charge in [-0.15, -0.1) is 0 Å². The highest BCUT2D eigenvalue weighted by Crippen LogP contribution is 2.42. The average molecular weight is 524 g/mol. The Labute approximate surface area is 227 Å². The smallest absolute Gasteiger partial charge is 0.336 e. The summed E-state index contributed by atoms with van der Waals surface area (Å²) in [5.74, 6) is -0.816. The van der Waals surface area contributed by atoms with E-state index in [0.29, 0.717) is 16.7 Å². The number of phenols is 1. The van der Waals surface area contributed by atoms with Crippen molar-refractivity contribution in [2.75, 3.05) is 5.32 Å². The van der Waals surface area contributed by atoms with E-state index in [9.17, 15) is 19.8 Å². The lowest BCUT2D eigenvalue weighted by Crippen LogP contribution is -2.00. The van der Waals surface area contributed by atoms with Crippen molar-refractivity contribution in [3.63, 3.8) is 0 Å². The standard InChI is InChI=1S/C34H21NO5/c36-23-10-7-21(8-11-23)35-22-9-15-25-19(17-22)5-13-29-31(27-3-1-2-4-28(27)34(38)39)30-14-6-20-18-24(37)12-16-26(20)33(30)40-32(25)29/h1-18,35-36H,(H,38,39). The number of carboxylic acid groups (broad SMARTS) is 1. The highest BCUT2D eigenvalue weighted by atomic mass is 16.4. The summed E-state index contributed by atoms with van der Waals surface area (Å²) in [5, 5.41) is 27.8. The average Bonchev–Trinajstić information content (AvgIpc) is 2.96. The number of hydrogen-bond donors (Lipinski definition) is 3. The molecule has 0 saturated carbocycles. The molecule has 0 unspecified atom stereocenters. The molecule has 7 aromatic rings. The Morgan fingerprint density at radius 2 is 1.25 bits per heavy atom. The number of benzene rings is 6. The van der Waals surface area contributed by atoms with E-state index in [0.717, 1.165) is 49.3 Å². The molecule has 1 heterocycles. The Morgan fingerprint density at radius 3 is 1.95 bits per heavy atom. The van der Waals surface area contributed by atoms with Crippen molar-refractivity contribution in [3.05, 3.63) is 125 Å². The topological polar surface area (TPSA) is 99.8 Å². The van der Waals surface area contributed by atoms with E-state index < -0.39 is 5.97 Å². The molecule has 0 saturated heterocycles. The zero-order valence-electron chi connectivity index (χ0n) is 21.0. The normalized spacial score (nSPS) is 11.4. The predicted molar refractivity (Wildman–Crippen MR) is 159 cm³/mol. The van der Waals surface area contributed by atoms with E-state index in [-0.39, 0.29) is 16.7 Å². The van der Waals surface area contributed by atoms with Gasteiger partial charge < -0.3 is 19.9 Å². The van der Waals surface area contributed by atoms with Crippen LogP contribution in [0.25, 0.3) is 54.6 Å². The van der Waals surface area contributed by atoms with E-state index in [2.05, 4.69) is 5.32 Å². The quantitative estimate of drug-likeness (QED) is 0.123. The number of fused-ring (bicyclic) bond motifs is 6. The number of nitrogens with one attached hydrogen (secondary N) is 1. The van der Waals surface area contributed by atoms with Crippen molar-refractivity contribution in [1.29, 1.82) is 0 Å². The summed E-state index contributed by atoms with van der Waals surface area (Å²) >= 11 is 0. The van der Waals surface area contributed by atoms with Gasteiger partial charge in [-0.2, -0.15) is 0 Å². The van der Waals surface area contributed by atoms with Crippen LogP contribution >= 0.6 is 0 Å². The highest BCUT2D eigenvalue weighted by Gasteiger charge is 2.20. The molecule has 0 amide bonds. The number of phenolic OH excluding ortho intramolecular Hbond substituents is 1. The van der Waals surface area contributed by atoms with Gasteiger partial charge in [0, 0.05) is 38.5 Å². The molecule has 192 valence electrons. The Hall–Kier alpha value is -5.62. The second-order valence-electron chi connectivity index (χ2n) is 9.70. The maximum Gasteiger partial charge on any atom is 0.336 e.